The van der Waals surface area contributed by atoms with Gasteiger partial charge in [0.2, 0.25) is 0 Å². The lowest BCUT2D eigenvalue weighted by Crippen LogP contribution is -2.28. The predicted molar refractivity (Wildman–Crippen MR) is 63.8 cm³/mol. The first-order chi connectivity index (χ1) is 7.75. The molecule has 0 unspecified atom stereocenters. The van der Waals surface area contributed by atoms with Crippen LogP contribution in [0.1, 0.15) is 25.3 Å². The Kier molecular flexibility index (Phi) is 3.40. The van der Waals surface area contributed by atoms with E-state index in [0.717, 1.165) is 18.4 Å². The average molecular weight is 216 g/mol. The molecule has 16 heavy (non-hydrogen) atoms. The Balaban J connectivity index is 1.96. The van der Waals surface area contributed by atoms with Crippen molar-refractivity contribution in [1.82, 2.24) is 0 Å². The van der Waals surface area contributed by atoms with Gasteiger partial charge in [-0.05, 0) is 24.5 Å². The molecule has 1 aliphatic rings. The lowest BCUT2D eigenvalue weighted by atomic mass is 9.99. The largest absolute Gasteiger partial charge is 0.458 e. The molecular weight excluding hydrogens is 200 g/mol. The Morgan fingerprint density at radius 2 is 2.00 bits per heavy atom. The summed E-state index contributed by atoms with van der Waals surface area (Å²) in [6.45, 7) is 1.92. The average Bonchev–Trinajstić information content (AvgIpc) is 2.32. The van der Waals surface area contributed by atoms with E-state index in [-0.39, 0.29) is 18.0 Å². The summed E-state index contributed by atoms with van der Waals surface area (Å²) in [5.41, 5.74) is 1.14. The highest BCUT2D eigenvalue weighted by atomic mass is 16.5. The van der Waals surface area contributed by atoms with Gasteiger partial charge in [0, 0.05) is 0 Å². The fraction of sp³-hybridized carbons (Fsp3) is 0.357. The van der Waals surface area contributed by atoms with Gasteiger partial charge >= 0.3 is 5.97 Å². The van der Waals surface area contributed by atoms with Crippen LogP contribution in [0.3, 0.4) is 0 Å². The third-order valence-corrected chi connectivity index (χ3v) is 2.86. The minimum Gasteiger partial charge on any atom is -0.458 e. The van der Waals surface area contributed by atoms with Gasteiger partial charge in [0.05, 0.1) is 5.92 Å². The zero-order chi connectivity index (χ0) is 11.4. The van der Waals surface area contributed by atoms with Crippen molar-refractivity contribution in [2.45, 2.75) is 25.9 Å². The third-order valence-electron chi connectivity index (χ3n) is 2.86. The first kappa shape index (κ1) is 10.9. The van der Waals surface area contributed by atoms with Crippen molar-refractivity contribution in [1.29, 1.82) is 0 Å². The van der Waals surface area contributed by atoms with E-state index in [0.29, 0.717) is 0 Å². The van der Waals surface area contributed by atoms with E-state index < -0.39 is 0 Å². The standard InChI is InChI=1S/C14H16O2/c1-11-7-9-13(16-14(11)15)10-8-12-5-3-2-4-6-12/h2-6,8,10-11,13H,7,9H2,1H3/b10-8+/t11-,13-/m0/s1. The quantitative estimate of drug-likeness (QED) is 0.710. The van der Waals surface area contributed by atoms with E-state index in [1.165, 1.54) is 0 Å². The molecule has 2 nitrogen and oxygen atoms in total. The van der Waals surface area contributed by atoms with E-state index in [2.05, 4.69) is 0 Å². The minimum atomic E-state index is -0.0750. The highest BCUT2D eigenvalue weighted by molar-refractivity contribution is 5.73. The summed E-state index contributed by atoms with van der Waals surface area (Å²) in [6.07, 6.45) is 5.77. The molecule has 1 aliphatic heterocycles. The van der Waals surface area contributed by atoms with Crippen LogP contribution < -0.4 is 0 Å². The molecule has 0 saturated carbocycles. The summed E-state index contributed by atoms with van der Waals surface area (Å²) in [5.74, 6) is -0.0182. The molecule has 1 saturated heterocycles. The van der Waals surface area contributed by atoms with Crippen molar-refractivity contribution >= 4 is 12.0 Å². The highest BCUT2D eigenvalue weighted by Crippen LogP contribution is 2.21. The second kappa shape index (κ2) is 4.97. The molecule has 1 aromatic carbocycles. The van der Waals surface area contributed by atoms with Crippen molar-refractivity contribution < 1.29 is 9.53 Å². The summed E-state index contributed by atoms with van der Waals surface area (Å²) in [7, 11) is 0. The summed E-state index contributed by atoms with van der Waals surface area (Å²) in [6, 6.07) is 10.0. The van der Waals surface area contributed by atoms with E-state index in [1.54, 1.807) is 0 Å². The maximum atomic E-state index is 11.4. The Morgan fingerprint density at radius 3 is 2.69 bits per heavy atom. The van der Waals surface area contributed by atoms with Gasteiger partial charge in [-0.1, -0.05) is 43.3 Å². The van der Waals surface area contributed by atoms with Crippen molar-refractivity contribution in [3.8, 4) is 0 Å². The maximum Gasteiger partial charge on any atom is 0.309 e. The fourth-order valence-corrected chi connectivity index (χ4v) is 1.77. The van der Waals surface area contributed by atoms with Gasteiger partial charge in [0.15, 0.2) is 0 Å². The normalized spacial score (nSPS) is 25.7. The Bertz CT molecular complexity index is 381. The fourth-order valence-electron chi connectivity index (χ4n) is 1.77. The number of benzene rings is 1. The van der Waals surface area contributed by atoms with Crippen molar-refractivity contribution in [2.24, 2.45) is 5.92 Å². The molecule has 2 heteroatoms. The van der Waals surface area contributed by atoms with E-state index in [1.807, 2.05) is 49.4 Å². The zero-order valence-electron chi connectivity index (χ0n) is 9.43. The van der Waals surface area contributed by atoms with Crippen LogP contribution in [-0.4, -0.2) is 12.1 Å². The first-order valence-corrected chi connectivity index (χ1v) is 5.69. The number of hydrogen-bond acceptors (Lipinski definition) is 2. The molecule has 1 fully saturated rings. The second-order valence-corrected chi connectivity index (χ2v) is 4.22. The van der Waals surface area contributed by atoms with Gasteiger partial charge < -0.3 is 4.74 Å². The smallest absolute Gasteiger partial charge is 0.309 e. The van der Waals surface area contributed by atoms with E-state index >= 15 is 0 Å². The third kappa shape index (κ3) is 2.72. The maximum absolute atomic E-state index is 11.4. The lowest BCUT2D eigenvalue weighted by Gasteiger charge is -2.23. The monoisotopic (exact) mass is 216 g/mol. The van der Waals surface area contributed by atoms with Crippen molar-refractivity contribution in [2.75, 3.05) is 0 Å². The predicted octanol–water partition coefficient (Wildman–Crippen LogP) is 3.04. The Labute approximate surface area is 95.9 Å². The topological polar surface area (TPSA) is 26.3 Å². The van der Waals surface area contributed by atoms with Gasteiger partial charge in [0.25, 0.3) is 0 Å². The summed E-state index contributed by atoms with van der Waals surface area (Å²) < 4.78 is 5.29. The van der Waals surface area contributed by atoms with Crippen molar-refractivity contribution in [3.63, 3.8) is 0 Å². The van der Waals surface area contributed by atoms with Crippen LogP contribution in [0, 0.1) is 5.92 Å². The molecule has 0 radical (unpaired) electrons. The van der Waals surface area contributed by atoms with Gasteiger partial charge in [-0.25, -0.2) is 0 Å². The number of carbonyl (C=O) groups is 1. The molecule has 1 heterocycles. The van der Waals surface area contributed by atoms with Crippen LogP contribution in [-0.2, 0) is 9.53 Å². The van der Waals surface area contributed by atoms with Crippen LogP contribution in [0.15, 0.2) is 36.4 Å². The number of rotatable bonds is 2. The van der Waals surface area contributed by atoms with E-state index in [9.17, 15) is 4.79 Å². The zero-order valence-corrected chi connectivity index (χ0v) is 9.43. The summed E-state index contributed by atoms with van der Waals surface area (Å²) in [5, 5.41) is 0. The summed E-state index contributed by atoms with van der Waals surface area (Å²) in [4.78, 5) is 11.4. The van der Waals surface area contributed by atoms with Crippen LogP contribution in [0.5, 0.6) is 0 Å². The lowest BCUT2D eigenvalue weighted by molar-refractivity contribution is -0.156. The molecule has 2 rings (SSSR count). The van der Waals surface area contributed by atoms with Gasteiger partial charge in [-0.3, -0.25) is 4.79 Å². The van der Waals surface area contributed by atoms with Crippen LogP contribution >= 0.6 is 0 Å². The summed E-state index contributed by atoms with van der Waals surface area (Å²) >= 11 is 0. The number of carbonyl (C=O) groups excluding carboxylic acids is 1. The Morgan fingerprint density at radius 1 is 1.25 bits per heavy atom. The Hall–Kier alpha value is -1.57. The molecule has 0 spiro atoms. The first-order valence-electron chi connectivity index (χ1n) is 5.69. The van der Waals surface area contributed by atoms with Gasteiger partial charge in [0.1, 0.15) is 6.10 Å². The molecule has 2 atom stereocenters. The molecular formula is C14H16O2. The van der Waals surface area contributed by atoms with E-state index in [4.69, 9.17) is 4.74 Å². The number of ether oxygens (including phenoxy) is 1. The molecule has 1 aromatic rings. The van der Waals surface area contributed by atoms with Crippen LogP contribution in [0.25, 0.3) is 6.08 Å². The minimum absolute atomic E-state index is 0.0519. The SMILES string of the molecule is C[C@H]1CC[C@@H](/C=C/c2ccccc2)OC1=O. The molecule has 0 bridgehead atoms. The highest BCUT2D eigenvalue weighted by Gasteiger charge is 2.24. The van der Waals surface area contributed by atoms with Crippen molar-refractivity contribution in [3.05, 3.63) is 42.0 Å². The molecule has 84 valence electrons. The van der Waals surface area contributed by atoms with Crippen LogP contribution in [0.4, 0.5) is 0 Å². The molecule has 0 N–H and O–H groups in total. The molecule has 0 aromatic heterocycles. The number of cyclic esters (lactones) is 1. The molecule has 0 amide bonds. The van der Waals surface area contributed by atoms with Gasteiger partial charge in [-0.15, -0.1) is 0 Å². The number of hydrogen-bond donors (Lipinski definition) is 0. The molecule has 0 aliphatic carbocycles. The second-order valence-electron chi connectivity index (χ2n) is 4.22. The number of esters is 1. The van der Waals surface area contributed by atoms with Gasteiger partial charge in [-0.2, -0.15) is 0 Å². The van der Waals surface area contributed by atoms with Crippen LogP contribution in [0.2, 0.25) is 0 Å².